The van der Waals surface area contributed by atoms with Crippen LogP contribution in [0.3, 0.4) is 0 Å². The zero-order valence-corrected chi connectivity index (χ0v) is 10.5. The number of carbonyl (C=O) groups is 2. The summed E-state index contributed by atoms with van der Waals surface area (Å²) < 4.78 is 0. The van der Waals surface area contributed by atoms with E-state index >= 15 is 0 Å². The fourth-order valence-electron chi connectivity index (χ4n) is 2.87. The molecule has 1 fully saturated rings. The maximum absolute atomic E-state index is 11.5. The number of aliphatic carboxylic acids is 1. The predicted molar refractivity (Wildman–Crippen MR) is 61.0 cm³/mol. The molecule has 4 nitrogen and oxygen atoms in total. The first kappa shape index (κ1) is 13.0. The van der Waals surface area contributed by atoms with Gasteiger partial charge in [0.15, 0.2) is 0 Å². The Balaban J connectivity index is 3.06. The lowest BCUT2D eigenvalue weighted by molar-refractivity contribution is -0.164. The van der Waals surface area contributed by atoms with Gasteiger partial charge in [0.05, 0.1) is 0 Å². The summed E-state index contributed by atoms with van der Waals surface area (Å²) in [6.07, 6.45) is 2.29. The van der Waals surface area contributed by atoms with Crippen molar-refractivity contribution in [2.24, 2.45) is 11.8 Å². The normalized spacial score (nSPS) is 34.5. The van der Waals surface area contributed by atoms with E-state index in [-0.39, 0.29) is 11.8 Å². The van der Waals surface area contributed by atoms with Crippen LogP contribution in [0.1, 0.15) is 40.0 Å². The van der Waals surface area contributed by atoms with E-state index in [1.807, 2.05) is 6.92 Å². The predicted octanol–water partition coefficient (Wildman–Crippen LogP) is 1.74. The molecule has 0 heterocycles. The Morgan fingerprint density at radius 2 is 1.94 bits per heavy atom. The van der Waals surface area contributed by atoms with E-state index in [1.54, 1.807) is 7.05 Å². The Morgan fingerprint density at radius 1 is 1.38 bits per heavy atom. The number of amides is 1. The highest BCUT2D eigenvalue weighted by Crippen LogP contribution is 2.40. The summed E-state index contributed by atoms with van der Waals surface area (Å²) in [6, 6.07) is 0. The number of hydrogen-bond acceptors (Lipinski definition) is 2. The molecule has 1 saturated carbocycles. The topological polar surface area (TPSA) is 57.6 Å². The molecule has 16 heavy (non-hydrogen) atoms. The van der Waals surface area contributed by atoms with E-state index in [4.69, 9.17) is 0 Å². The number of carboxylic acids is 1. The molecule has 1 aliphatic carbocycles. The van der Waals surface area contributed by atoms with Crippen LogP contribution in [0, 0.1) is 11.8 Å². The van der Waals surface area contributed by atoms with Gasteiger partial charge >= 0.3 is 5.97 Å². The van der Waals surface area contributed by atoms with E-state index in [0.29, 0.717) is 12.3 Å². The third-order valence-electron chi connectivity index (χ3n) is 4.03. The van der Waals surface area contributed by atoms with Gasteiger partial charge < -0.3 is 10.0 Å². The minimum absolute atomic E-state index is 0.00245. The molecular weight excluding hydrogens is 206 g/mol. The van der Waals surface area contributed by atoms with E-state index in [0.717, 1.165) is 12.8 Å². The van der Waals surface area contributed by atoms with Crippen molar-refractivity contribution >= 4 is 11.9 Å². The fraction of sp³-hybridized carbons (Fsp3) is 0.833. The van der Waals surface area contributed by atoms with Crippen LogP contribution in [-0.2, 0) is 9.59 Å². The molecule has 1 rings (SSSR count). The van der Waals surface area contributed by atoms with Gasteiger partial charge in [-0.25, -0.2) is 4.79 Å². The smallest absolute Gasteiger partial charge is 0.329 e. The van der Waals surface area contributed by atoms with Gasteiger partial charge in [-0.1, -0.05) is 13.8 Å². The van der Waals surface area contributed by atoms with Crippen LogP contribution < -0.4 is 0 Å². The van der Waals surface area contributed by atoms with E-state index in [9.17, 15) is 14.7 Å². The first-order valence-corrected chi connectivity index (χ1v) is 5.80. The number of likely N-dealkylation sites (N-methyl/N-ethyl adjacent to an activating group) is 1. The maximum atomic E-state index is 11.5. The highest BCUT2D eigenvalue weighted by atomic mass is 16.4. The monoisotopic (exact) mass is 227 g/mol. The Kier molecular flexibility index (Phi) is 3.61. The highest BCUT2D eigenvalue weighted by molar-refractivity contribution is 5.86. The van der Waals surface area contributed by atoms with Crippen molar-refractivity contribution in [1.82, 2.24) is 4.90 Å². The Morgan fingerprint density at radius 3 is 2.31 bits per heavy atom. The van der Waals surface area contributed by atoms with Gasteiger partial charge in [0.2, 0.25) is 5.91 Å². The Bertz CT molecular complexity index is 303. The highest BCUT2D eigenvalue weighted by Gasteiger charge is 2.50. The average Bonchev–Trinajstić information content (AvgIpc) is 2.16. The second-order valence-electron chi connectivity index (χ2n) is 5.09. The van der Waals surface area contributed by atoms with Crippen LogP contribution in [0.2, 0.25) is 0 Å². The van der Waals surface area contributed by atoms with Crippen LogP contribution >= 0.6 is 0 Å². The average molecular weight is 227 g/mol. The van der Waals surface area contributed by atoms with Crippen LogP contribution in [0.5, 0.6) is 0 Å². The molecule has 3 atom stereocenters. The summed E-state index contributed by atoms with van der Waals surface area (Å²) in [5, 5.41) is 9.47. The molecular formula is C12H21NO3. The van der Waals surface area contributed by atoms with Crippen molar-refractivity contribution in [3.63, 3.8) is 0 Å². The molecule has 1 aliphatic rings. The first-order chi connectivity index (χ1) is 7.32. The quantitative estimate of drug-likeness (QED) is 0.781. The number of nitrogens with zero attached hydrogens (tertiary/aromatic N) is 1. The third kappa shape index (κ3) is 1.93. The van der Waals surface area contributed by atoms with Gasteiger partial charge in [-0.3, -0.25) is 4.79 Å². The van der Waals surface area contributed by atoms with Crippen LogP contribution in [0.4, 0.5) is 0 Å². The molecule has 1 amide bonds. The first-order valence-electron chi connectivity index (χ1n) is 5.80. The number of hydrogen-bond donors (Lipinski definition) is 1. The lowest BCUT2D eigenvalue weighted by Crippen LogP contribution is -2.60. The Hall–Kier alpha value is -1.06. The number of carbonyl (C=O) groups excluding carboxylic acids is 1. The molecule has 4 heteroatoms. The van der Waals surface area contributed by atoms with Crippen LogP contribution in [0.15, 0.2) is 0 Å². The van der Waals surface area contributed by atoms with Crippen molar-refractivity contribution in [3.8, 4) is 0 Å². The van der Waals surface area contributed by atoms with Crippen molar-refractivity contribution < 1.29 is 14.7 Å². The van der Waals surface area contributed by atoms with Gasteiger partial charge in [0.25, 0.3) is 0 Å². The van der Waals surface area contributed by atoms with Crippen molar-refractivity contribution in [3.05, 3.63) is 0 Å². The molecule has 92 valence electrons. The second-order valence-corrected chi connectivity index (χ2v) is 5.09. The molecule has 0 saturated heterocycles. The molecule has 0 aromatic rings. The van der Waals surface area contributed by atoms with E-state index in [2.05, 4.69) is 6.92 Å². The molecule has 0 bridgehead atoms. The standard InChI is InChI=1S/C12H21NO3/c1-8-5-6-12(11(15)16,9(2)7-8)13(4)10(3)14/h8-9H,5-7H2,1-4H3,(H,15,16). The molecule has 3 unspecified atom stereocenters. The minimum Gasteiger partial charge on any atom is -0.479 e. The molecule has 1 N–H and O–H groups in total. The zero-order valence-electron chi connectivity index (χ0n) is 10.5. The van der Waals surface area contributed by atoms with Crippen LogP contribution in [-0.4, -0.2) is 34.5 Å². The molecule has 0 aromatic carbocycles. The largest absolute Gasteiger partial charge is 0.479 e. The Labute approximate surface area is 96.6 Å². The van der Waals surface area contributed by atoms with E-state index in [1.165, 1.54) is 11.8 Å². The molecule has 0 aromatic heterocycles. The van der Waals surface area contributed by atoms with Crippen molar-refractivity contribution in [2.75, 3.05) is 7.05 Å². The SMILES string of the molecule is CC(=O)N(C)C1(C(=O)O)CCC(C)CC1C. The summed E-state index contributed by atoms with van der Waals surface area (Å²) in [5.41, 5.74) is -1.00. The zero-order chi connectivity index (χ0) is 12.5. The lowest BCUT2D eigenvalue weighted by atomic mass is 9.69. The molecule has 0 radical (unpaired) electrons. The third-order valence-corrected chi connectivity index (χ3v) is 4.03. The lowest BCUT2D eigenvalue weighted by Gasteiger charge is -2.46. The number of carboxylic acid groups (broad SMARTS) is 1. The van der Waals surface area contributed by atoms with Crippen LogP contribution in [0.25, 0.3) is 0 Å². The van der Waals surface area contributed by atoms with Gasteiger partial charge in [-0.05, 0) is 31.1 Å². The fourth-order valence-corrected chi connectivity index (χ4v) is 2.87. The van der Waals surface area contributed by atoms with Crippen molar-refractivity contribution in [2.45, 2.75) is 45.6 Å². The summed E-state index contributed by atoms with van der Waals surface area (Å²) in [7, 11) is 1.60. The maximum Gasteiger partial charge on any atom is 0.329 e. The summed E-state index contributed by atoms with van der Waals surface area (Å²) >= 11 is 0. The minimum atomic E-state index is -1.00. The van der Waals surface area contributed by atoms with Gasteiger partial charge in [0, 0.05) is 14.0 Å². The number of rotatable bonds is 2. The molecule has 0 aliphatic heterocycles. The van der Waals surface area contributed by atoms with E-state index < -0.39 is 11.5 Å². The van der Waals surface area contributed by atoms with Gasteiger partial charge in [0.1, 0.15) is 5.54 Å². The van der Waals surface area contributed by atoms with Gasteiger partial charge in [-0.15, -0.1) is 0 Å². The van der Waals surface area contributed by atoms with Gasteiger partial charge in [-0.2, -0.15) is 0 Å². The van der Waals surface area contributed by atoms with Crippen molar-refractivity contribution in [1.29, 1.82) is 0 Å². The summed E-state index contributed by atoms with van der Waals surface area (Å²) in [4.78, 5) is 24.4. The summed E-state index contributed by atoms with van der Waals surface area (Å²) in [5.74, 6) is -0.501. The molecule has 0 spiro atoms. The summed E-state index contributed by atoms with van der Waals surface area (Å²) in [6.45, 7) is 5.49. The second kappa shape index (κ2) is 4.44.